The Hall–Kier alpha value is -2.32. The van der Waals surface area contributed by atoms with Crippen LogP contribution in [0.4, 0.5) is 14.5 Å². The predicted molar refractivity (Wildman–Crippen MR) is 92.9 cm³/mol. The number of sulfonamides is 1. The fourth-order valence-electron chi connectivity index (χ4n) is 2.93. The normalized spacial score (nSPS) is 18.5. The fraction of sp³-hybridized carbons (Fsp3) is 0.278. The molecular formula is C18H18F2N2O3S. The van der Waals surface area contributed by atoms with Crippen LogP contribution in [0.2, 0.25) is 0 Å². The third-order valence-corrected chi connectivity index (χ3v) is 6.20. The van der Waals surface area contributed by atoms with Gasteiger partial charge in [0.15, 0.2) is 11.6 Å². The molecule has 2 aromatic carbocycles. The molecule has 0 aromatic heterocycles. The highest BCUT2D eigenvalue weighted by molar-refractivity contribution is 7.89. The van der Waals surface area contributed by atoms with Crippen molar-refractivity contribution in [2.45, 2.75) is 17.7 Å². The maximum Gasteiger partial charge on any atom is 0.243 e. The maximum atomic E-state index is 13.3. The molecule has 1 fully saturated rings. The minimum atomic E-state index is -3.67. The number of piperidine rings is 1. The lowest BCUT2D eigenvalue weighted by atomic mass is 9.98. The molecule has 5 nitrogen and oxygen atoms in total. The van der Waals surface area contributed by atoms with Gasteiger partial charge in [0.1, 0.15) is 0 Å². The number of hydrogen-bond acceptors (Lipinski definition) is 3. The second kappa shape index (κ2) is 7.51. The van der Waals surface area contributed by atoms with E-state index in [4.69, 9.17) is 0 Å². The van der Waals surface area contributed by atoms with E-state index in [2.05, 4.69) is 5.32 Å². The molecule has 8 heteroatoms. The van der Waals surface area contributed by atoms with Gasteiger partial charge in [0.25, 0.3) is 0 Å². The van der Waals surface area contributed by atoms with Crippen LogP contribution in [0.3, 0.4) is 0 Å². The van der Waals surface area contributed by atoms with Gasteiger partial charge in [-0.05, 0) is 37.1 Å². The van der Waals surface area contributed by atoms with Crippen molar-refractivity contribution in [3.8, 4) is 0 Å². The number of carbonyl (C=O) groups excluding carboxylic acids is 1. The van der Waals surface area contributed by atoms with Gasteiger partial charge in [-0.2, -0.15) is 4.31 Å². The highest BCUT2D eigenvalue weighted by Gasteiger charge is 2.33. The first-order valence-electron chi connectivity index (χ1n) is 8.19. The molecule has 0 radical (unpaired) electrons. The van der Waals surface area contributed by atoms with E-state index in [1.54, 1.807) is 18.2 Å². The van der Waals surface area contributed by atoms with E-state index in [0.29, 0.717) is 19.4 Å². The standard InChI is InChI=1S/C18H18F2N2O3S/c19-16-9-8-14(11-17(16)20)21-18(23)13-5-4-10-22(12-13)26(24,25)15-6-2-1-3-7-15/h1-3,6-9,11,13H,4-5,10,12H2,(H,21,23)/t13-/m1/s1. The van der Waals surface area contributed by atoms with Crippen LogP contribution in [0.5, 0.6) is 0 Å². The molecule has 1 atom stereocenters. The SMILES string of the molecule is O=C(Nc1ccc(F)c(F)c1)[C@@H]1CCCN(S(=O)(=O)c2ccccc2)C1. The zero-order valence-corrected chi connectivity index (χ0v) is 14.7. The van der Waals surface area contributed by atoms with Crippen LogP contribution >= 0.6 is 0 Å². The number of amides is 1. The summed E-state index contributed by atoms with van der Waals surface area (Å²) >= 11 is 0. The quantitative estimate of drug-likeness (QED) is 0.887. The van der Waals surface area contributed by atoms with Crippen LogP contribution in [0.25, 0.3) is 0 Å². The number of rotatable bonds is 4. The van der Waals surface area contributed by atoms with E-state index in [1.807, 2.05) is 0 Å². The fourth-order valence-corrected chi connectivity index (χ4v) is 4.48. The smallest absolute Gasteiger partial charge is 0.243 e. The van der Waals surface area contributed by atoms with E-state index in [-0.39, 0.29) is 17.1 Å². The molecule has 1 saturated heterocycles. The van der Waals surface area contributed by atoms with Gasteiger partial charge in [0, 0.05) is 24.8 Å². The van der Waals surface area contributed by atoms with E-state index < -0.39 is 33.5 Å². The molecule has 1 N–H and O–H groups in total. The largest absolute Gasteiger partial charge is 0.326 e. The molecule has 2 aromatic rings. The van der Waals surface area contributed by atoms with Crippen molar-refractivity contribution in [2.75, 3.05) is 18.4 Å². The lowest BCUT2D eigenvalue weighted by Gasteiger charge is -2.31. The summed E-state index contributed by atoms with van der Waals surface area (Å²) in [6.45, 7) is 0.388. The van der Waals surface area contributed by atoms with Crippen LogP contribution in [0.1, 0.15) is 12.8 Å². The van der Waals surface area contributed by atoms with Gasteiger partial charge in [-0.3, -0.25) is 4.79 Å². The first kappa shape index (κ1) is 18.5. The Morgan fingerprint density at radius 1 is 1.08 bits per heavy atom. The third-order valence-electron chi connectivity index (χ3n) is 4.32. The van der Waals surface area contributed by atoms with Crippen LogP contribution < -0.4 is 5.32 Å². The van der Waals surface area contributed by atoms with Gasteiger partial charge >= 0.3 is 0 Å². The van der Waals surface area contributed by atoms with Gasteiger partial charge in [-0.25, -0.2) is 17.2 Å². The topological polar surface area (TPSA) is 66.5 Å². The number of hydrogen-bond donors (Lipinski definition) is 1. The Kier molecular flexibility index (Phi) is 5.33. The van der Waals surface area contributed by atoms with Crippen molar-refractivity contribution in [1.29, 1.82) is 0 Å². The summed E-state index contributed by atoms with van der Waals surface area (Å²) < 4.78 is 52.9. The Morgan fingerprint density at radius 2 is 1.81 bits per heavy atom. The summed E-state index contributed by atoms with van der Waals surface area (Å²) in [5.41, 5.74) is 0.136. The van der Waals surface area contributed by atoms with E-state index in [9.17, 15) is 22.0 Å². The summed E-state index contributed by atoms with van der Waals surface area (Å²) in [5.74, 6) is -3.03. The average molecular weight is 380 g/mol. The summed E-state index contributed by atoms with van der Waals surface area (Å²) in [5, 5.41) is 2.52. The zero-order chi connectivity index (χ0) is 18.7. The van der Waals surface area contributed by atoms with Crippen molar-refractivity contribution in [1.82, 2.24) is 4.31 Å². The van der Waals surface area contributed by atoms with E-state index in [0.717, 1.165) is 12.1 Å². The summed E-state index contributed by atoms with van der Waals surface area (Å²) in [7, 11) is -3.67. The Balaban J connectivity index is 1.71. The first-order chi connectivity index (χ1) is 12.4. The van der Waals surface area contributed by atoms with Crippen LogP contribution in [-0.4, -0.2) is 31.7 Å². The van der Waals surface area contributed by atoms with E-state index in [1.165, 1.54) is 22.5 Å². The molecular weight excluding hydrogens is 362 g/mol. The monoisotopic (exact) mass is 380 g/mol. The van der Waals surface area contributed by atoms with Crippen LogP contribution in [0.15, 0.2) is 53.4 Å². The van der Waals surface area contributed by atoms with E-state index >= 15 is 0 Å². The number of anilines is 1. The first-order valence-corrected chi connectivity index (χ1v) is 9.63. The summed E-state index contributed by atoms with van der Waals surface area (Å²) in [4.78, 5) is 12.6. The maximum absolute atomic E-state index is 13.3. The van der Waals surface area contributed by atoms with Gasteiger partial charge < -0.3 is 5.32 Å². The van der Waals surface area contributed by atoms with Crippen LogP contribution in [0, 0.1) is 17.6 Å². The zero-order valence-electron chi connectivity index (χ0n) is 13.9. The Morgan fingerprint density at radius 3 is 2.50 bits per heavy atom. The van der Waals surface area contributed by atoms with Crippen molar-refractivity contribution < 1.29 is 22.0 Å². The summed E-state index contributed by atoms with van der Waals surface area (Å²) in [6.07, 6.45) is 1.07. The molecule has 26 heavy (non-hydrogen) atoms. The molecule has 1 heterocycles. The third kappa shape index (κ3) is 3.91. The van der Waals surface area contributed by atoms with Gasteiger partial charge in [0.2, 0.25) is 15.9 Å². The van der Waals surface area contributed by atoms with Gasteiger partial charge in [0.05, 0.1) is 10.8 Å². The summed E-state index contributed by atoms with van der Waals surface area (Å²) in [6, 6.07) is 11.1. The second-order valence-corrected chi connectivity index (χ2v) is 8.07. The molecule has 1 aliphatic rings. The number of nitrogens with one attached hydrogen (secondary N) is 1. The van der Waals surface area contributed by atoms with Gasteiger partial charge in [-0.1, -0.05) is 18.2 Å². The van der Waals surface area contributed by atoms with Crippen molar-refractivity contribution >= 4 is 21.6 Å². The molecule has 0 bridgehead atoms. The molecule has 0 unspecified atom stereocenters. The minimum Gasteiger partial charge on any atom is -0.326 e. The molecule has 3 rings (SSSR count). The van der Waals surface area contributed by atoms with Crippen molar-refractivity contribution in [3.05, 3.63) is 60.2 Å². The molecule has 0 spiro atoms. The number of halogens is 2. The number of carbonyl (C=O) groups is 1. The molecule has 0 aliphatic carbocycles. The molecule has 138 valence electrons. The van der Waals surface area contributed by atoms with Gasteiger partial charge in [-0.15, -0.1) is 0 Å². The predicted octanol–water partition coefficient (Wildman–Crippen LogP) is 3.00. The van der Waals surface area contributed by atoms with Crippen molar-refractivity contribution in [3.63, 3.8) is 0 Å². The number of nitrogens with zero attached hydrogens (tertiary/aromatic N) is 1. The highest BCUT2D eigenvalue weighted by Crippen LogP contribution is 2.25. The highest BCUT2D eigenvalue weighted by atomic mass is 32.2. The number of benzene rings is 2. The minimum absolute atomic E-state index is 0.0484. The van der Waals surface area contributed by atoms with Crippen LogP contribution in [-0.2, 0) is 14.8 Å². The molecule has 1 amide bonds. The van der Waals surface area contributed by atoms with Crippen molar-refractivity contribution in [2.24, 2.45) is 5.92 Å². The molecule has 1 aliphatic heterocycles. The second-order valence-electron chi connectivity index (χ2n) is 6.13. The Labute approximate surface area is 150 Å². The molecule has 0 saturated carbocycles. The lowest BCUT2D eigenvalue weighted by molar-refractivity contribution is -0.120. The Bertz CT molecular complexity index is 904. The average Bonchev–Trinajstić information content (AvgIpc) is 2.65. The lowest BCUT2D eigenvalue weighted by Crippen LogP contribution is -2.43.